The molecule has 1 atom stereocenters. The van der Waals surface area contributed by atoms with Crippen molar-refractivity contribution in [1.82, 2.24) is 4.31 Å². The number of hydrogen-bond acceptors (Lipinski definition) is 4. The van der Waals surface area contributed by atoms with Crippen LogP contribution < -0.4 is 5.32 Å². The van der Waals surface area contributed by atoms with E-state index in [0.717, 1.165) is 4.31 Å². The van der Waals surface area contributed by atoms with Crippen LogP contribution in [0.5, 0.6) is 0 Å². The molecule has 0 aliphatic heterocycles. The molecule has 0 aromatic heterocycles. The number of carbonyl (C=O) groups is 2. The van der Waals surface area contributed by atoms with Gasteiger partial charge in [-0.3, -0.25) is 9.59 Å². The second-order valence-electron chi connectivity index (χ2n) is 4.36. The molecule has 0 saturated carbocycles. The molecule has 1 rings (SSSR count). The summed E-state index contributed by atoms with van der Waals surface area (Å²) in [5.74, 6) is -1.53. The topological polar surface area (TPSA) is 104 Å². The molecule has 1 unspecified atom stereocenters. The van der Waals surface area contributed by atoms with E-state index in [1.165, 1.54) is 39.1 Å². The highest BCUT2D eigenvalue weighted by molar-refractivity contribution is 9.10. The summed E-state index contributed by atoms with van der Waals surface area (Å²) >= 11 is 3.17. The lowest BCUT2D eigenvalue weighted by molar-refractivity contribution is -0.140. The highest BCUT2D eigenvalue weighted by atomic mass is 79.9. The molecule has 21 heavy (non-hydrogen) atoms. The van der Waals surface area contributed by atoms with Crippen LogP contribution in [0.4, 0.5) is 5.69 Å². The molecule has 0 spiro atoms. The van der Waals surface area contributed by atoms with Crippen LogP contribution in [0.15, 0.2) is 27.6 Å². The largest absolute Gasteiger partial charge is 0.480 e. The van der Waals surface area contributed by atoms with Gasteiger partial charge in [0.05, 0.1) is 10.6 Å². The fraction of sp³-hybridized carbons (Fsp3) is 0.333. The minimum absolute atomic E-state index is 0.0703. The molecule has 1 aromatic rings. The van der Waals surface area contributed by atoms with Crippen LogP contribution in [0.25, 0.3) is 0 Å². The van der Waals surface area contributed by atoms with Crippen LogP contribution in [0.2, 0.25) is 0 Å². The molecule has 1 aromatic carbocycles. The maximum atomic E-state index is 12.3. The van der Waals surface area contributed by atoms with Gasteiger partial charge in [0, 0.05) is 18.4 Å². The summed E-state index contributed by atoms with van der Waals surface area (Å²) in [7, 11) is -2.74. The molecule has 116 valence electrons. The number of nitrogens with zero attached hydrogens (tertiary/aromatic N) is 1. The summed E-state index contributed by atoms with van der Waals surface area (Å²) in [6.45, 7) is 2.61. The molecule has 0 aliphatic carbocycles. The number of hydrogen-bond donors (Lipinski definition) is 2. The van der Waals surface area contributed by atoms with Crippen LogP contribution in [0.1, 0.15) is 13.8 Å². The quantitative estimate of drug-likeness (QED) is 0.807. The summed E-state index contributed by atoms with van der Waals surface area (Å²) in [6.07, 6.45) is 0. The van der Waals surface area contributed by atoms with Gasteiger partial charge in [-0.2, -0.15) is 4.31 Å². The summed E-state index contributed by atoms with van der Waals surface area (Å²) < 4.78 is 25.8. The standard InChI is InChI=1S/C12H15BrN2O5S/c1-7(12(17)18)15(3)21(19,20)9-4-5-11(10(13)6-9)14-8(2)16/h4-7H,1-3H3,(H,14,16)(H,17,18). The molecule has 0 heterocycles. The van der Waals surface area contributed by atoms with Gasteiger partial charge >= 0.3 is 5.97 Å². The molecule has 1 amide bonds. The second-order valence-corrected chi connectivity index (χ2v) is 7.21. The Kier molecular flexibility index (Phi) is 5.48. The third kappa shape index (κ3) is 4.02. The molecule has 0 aliphatic rings. The highest BCUT2D eigenvalue weighted by Gasteiger charge is 2.29. The highest BCUT2D eigenvalue weighted by Crippen LogP contribution is 2.27. The number of halogens is 1. The van der Waals surface area contributed by atoms with E-state index in [2.05, 4.69) is 21.2 Å². The monoisotopic (exact) mass is 378 g/mol. The van der Waals surface area contributed by atoms with Crippen molar-refractivity contribution in [3.05, 3.63) is 22.7 Å². The number of anilines is 1. The number of carboxylic acid groups (broad SMARTS) is 1. The van der Waals surface area contributed by atoms with Crippen LogP contribution in [-0.4, -0.2) is 42.8 Å². The number of likely N-dealkylation sites (N-methyl/N-ethyl adjacent to an activating group) is 1. The van der Waals surface area contributed by atoms with E-state index in [-0.39, 0.29) is 10.8 Å². The van der Waals surface area contributed by atoms with Gasteiger partial charge in [0.1, 0.15) is 6.04 Å². The van der Waals surface area contributed by atoms with Crippen molar-refractivity contribution in [2.24, 2.45) is 0 Å². The number of benzene rings is 1. The smallest absolute Gasteiger partial charge is 0.321 e. The van der Waals surface area contributed by atoms with E-state index in [9.17, 15) is 18.0 Å². The number of amides is 1. The van der Waals surface area contributed by atoms with Crippen LogP contribution in [0.3, 0.4) is 0 Å². The maximum absolute atomic E-state index is 12.3. The first kappa shape index (κ1) is 17.6. The Bertz CT molecular complexity index is 674. The molecule has 0 saturated heterocycles. The normalized spacial score (nSPS) is 13.0. The first-order valence-electron chi connectivity index (χ1n) is 5.85. The molecular weight excluding hydrogens is 364 g/mol. The molecule has 0 radical (unpaired) electrons. The second kappa shape index (κ2) is 6.54. The van der Waals surface area contributed by atoms with Crippen molar-refractivity contribution in [2.75, 3.05) is 12.4 Å². The molecular formula is C12H15BrN2O5S. The summed E-state index contributed by atoms with van der Waals surface area (Å²) in [5.41, 5.74) is 0.426. The zero-order valence-corrected chi connectivity index (χ0v) is 14.0. The first-order valence-corrected chi connectivity index (χ1v) is 8.08. The van der Waals surface area contributed by atoms with Gasteiger partial charge in [-0.15, -0.1) is 0 Å². The Balaban J connectivity index is 3.18. The minimum atomic E-state index is -3.94. The van der Waals surface area contributed by atoms with Gasteiger partial charge in [-0.1, -0.05) is 0 Å². The first-order chi connectivity index (χ1) is 9.57. The number of sulfonamides is 1. The van der Waals surface area contributed by atoms with Gasteiger partial charge in [0.2, 0.25) is 15.9 Å². The Morgan fingerprint density at radius 1 is 1.38 bits per heavy atom. The lowest BCUT2D eigenvalue weighted by Gasteiger charge is -2.21. The predicted molar refractivity (Wildman–Crippen MR) is 80.5 cm³/mol. The average Bonchev–Trinajstić information content (AvgIpc) is 2.38. The average molecular weight is 379 g/mol. The summed E-state index contributed by atoms with van der Waals surface area (Å²) in [6, 6.07) is 2.85. The molecule has 2 N–H and O–H groups in total. The number of aliphatic carboxylic acids is 1. The SMILES string of the molecule is CC(=O)Nc1ccc(S(=O)(=O)N(C)C(C)C(=O)O)cc1Br. The third-order valence-corrected chi connectivity index (χ3v) is 5.41. The molecule has 7 nitrogen and oxygen atoms in total. The van der Waals surface area contributed by atoms with Crippen molar-refractivity contribution in [3.8, 4) is 0 Å². The van der Waals surface area contributed by atoms with Crippen molar-refractivity contribution < 1.29 is 23.1 Å². The zero-order valence-electron chi connectivity index (χ0n) is 11.6. The molecule has 0 bridgehead atoms. The maximum Gasteiger partial charge on any atom is 0.321 e. The molecule has 0 fully saturated rings. The van der Waals surface area contributed by atoms with Gasteiger partial charge in [-0.05, 0) is 41.1 Å². The summed E-state index contributed by atoms with van der Waals surface area (Å²) in [4.78, 5) is 21.8. The summed E-state index contributed by atoms with van der Waals surface area (Å²) in [5, 5.41) is 11.4. The van der Waals surface area contributed by atoms with Crippen molar-refractivity contribution in [3.63, 3.8) is 0 Å². The van der Waals surface area contributed by atoms with Gasteiger partial charge in [0.15, 0.2) is 0 Å². The number of carbonyl (C=O) groups excluding carboxylic acids is 1. The van der Waals surface area contributed by atoms with Crippen LogP contribution in [0, 0.1) is 0 Å². The van der Waals surface area contributed by atoms with Gasteiger partial charge in [0.25, 0.3) is 0 Å². The number of carboxylic acids is 1. The van der Waals surface area contributed by atoms with E-state index in [4.69, 9.17) is 5.11 Å². The predicted octanol–water partition coefficient (Wildman–Crippen LogP) is 1.50. The fourth-order valence-corrected chi connectivity index (χ4v) is 3.45. The Morgan fingerprint density at radius 2 is 1.95 bits per heavy atom. The van der Waals surface area contributed by atoms with E-state index in [1.807, 2.05) is 0 Å². The van der Waals surface area contributed by atoms with Gasteiger partial charge < -0.3 is 10.4 Å². The number of rotatable bonds is 5. The Labute approximate surface area is 131 Å². The van der Waals surface area contributed by atoms with E-state index >= 15 is 0 Å². The van der Waals surface area contributed by atoms with E-state index in [0.29, 0.717) is 10.2 Å². The Morgan fingerprint density at radius 3 is 2.38 bits per heavy atom. The lowest BCUT2D eigenvalue weighted by atomic mass is 10.3. The number of nitrogens with one attached hydrogen (secondary N) is 1. The van der Waals surface area contributed by atoms with Crippen molar-refractivity contribution >= 4 is 43.5 Å². The van der Waals surface area contributed by atoms with Crippen LogP contribution in [-0.2, 0) is 19.6 Å². The Hall–Kier alpha value is -1.45. The van der Waals surface area contributed by atoms with Crippen molar-refractivity contribution in [1.29, 1.82) is 0 Å². The van der Waals surface area contributed by atoms with E-state index < -0.39 is 22.0 Å². The zero-order chi connectivity index (χ0) is 16.4. The third-order valence-electron chi connectivity index (χ3n) is 2.83. The van der Waals surface area contributed by atoms with Crippen LogP contribution >= 0.6 is 15.9 Å². The van der Waals surface area contributed by atoms with E-state index in [1.54, 1.807) is 0 Å². The van der Waals surface area contributed by atoms with Crippen molar-refractivity contribution in [2.45, 2.75) is 24.8 Å². The van der Waals surface area contributed by atoms with Gasteiger partial charge in [-0.25, -0.2) is 8.42 Å². The minimum Gasteiger partial charge on any atom is -0.480 e. The lowest BCUT2D eigenvalue weighted by Crippen LogP contribution is -2.40. The fourth-order valence-electron chi connectivity index (χ4n) is 1.48. The molecule has 9 heteroatoms.